The second-order valence-corrected chi connectivity index (χ2v) is 7.73. The van der Waals surface area contributed by atoms with Crippen molar-refractivity contribution < 1.29 is 9.59 Å². The summed E-state index contributed by atoms with van der Waals surface area (Å²) in [7, 11) is 1.64. The molecule has 3 rings (SSSR count). The molecule has 0 saturated carbocycles. The summed E-state index contributed by atoms with van der Waals surface area (Å²) in [6, 6.07) is 16.3. The van der Waals surface area contributed by atoms with Gasteiger partial charge in [-0.15, -0.1) is 0 Å². The van der Waals surface area contributed by atoms with Gasteiger partial charge in [-0.3, -0.25) is 4.79 Å². The molecule has 1 radical (unpaired) electrons. The van der Waals surface area contributed by atoms with Crippen LogP contribution in [0, 0.1) is 6.92 Å². The van der Waals surface area contributed by atoms with E-state index in [1.54, 1.807) is 7.28 Å². The minimum Gasteiger partial charge on any atom is -0.369 e. The molecule has 31 heavy (non-hydrogen) atoms. The summed E-state index contributed by atoms with van der Waals surface area (Å²) in [5.41, 5.74) is 12.0. The quantitative estimate of drug-likeness (QED) is 0.298. The predicted octanol–water partition coefficient (Wildman–Crippen LogP) is 3.04. The average Bonchev–Trinajstić information content (AvgIpc) is 2.76. The van der Waals surface area contributed by atoms with Crippen molar-refractivity contribution >= 4 is 19.4 Å². The van der Waals surface area contributed by atoms with Crippen molar-refractivity contribution in [3.8, 4) is 0 Å². The summed E-state index contributed by atoms with van der Waals surface area (Å²) < 4.78 is 0. The third-order valence-corrected chi connectivity index (χ3v) is 5.32. The van der Waals surface area contributed by atoms with Crippen LogP contribution in [-0.2, 0) is 41.7 Å². The van der Waals surface area contributed by atoms with Gasteiger partial charge in [-0.2, -0.15) is 0 Å². The third-order valence-electron chi connectivity index (χ3n) is 5.32. The number of carbonyl (C=O) groups is 2. The van der Waals surface area contributed by atoms with Crippen LogP contribution < -0.4 is 5.73 Å². The number of aromatic nitrogens is 2. The maximum Gasteiger partial charge on any atom is 0.221 e. The van der Waals surface area contributed by atoms with E-state index in [4.69, 9.17) is 10.7 Å². The van der Waals surface area contributed by atoms with Crippen LogP contribution in [0.1, 0.15) is 39.3 Å². The van der Waals surface area contributed by atoms with E-state index in [2.05, 4.69) is 29.2 Å². The maximum absolute atomic E-state index is 11.3. The number of benzene rings is 2. The van der Waals surface area contributed by atoms with Gasteiger partial charge >= 0.3 is 0 Å². The Morgan fingerprint density at radius 1 is 1.00 bits per heavy atom. The smallest absolute Gasteiger partial charge is 0.221 e. The van der Waals surface area contributed by atoms with Crippen molar-refractivity contribution in [1.82, 2.24) is 9.97 Å². The Morgan fingerprint density at radius 3 is 2.42 bits per heavy atom. The fourth-order valence-corrected chi connectivity index (χ4v) is 3.60. The number of primary amides is 1. The number of aryl methyl sites for hydroxylation is 4. The highest BCUT2D eigenvalue weighted by Gasteiger charge is 2.09. The lowest BCUT2D eigenvalue weighted by molar-refractivity contribution is -0.117. The van der Waals surface area contributed by atoms with E-state index < -0.39 is 0 Å². The molecule has 0 unspecified atom stereocenters. The van der Waals surface area contributed by atoms with Gasteiger partial charge in [0, 0.05) is 18.3 Å². The molecule has 6 heteroatoms. The fourth-order valence-electron chi connectivity index (χ4n) is 3.60. The zero-order valence-electron chi connectivity index (χ0n) is 17.9. The molecule has 3 aromatic rings. The minimum absolute atomic E-state index is 0.257. The Labute approximate surface area is 184 Å². The first-order chi connectivity index (χ1) is 15.0. The molecule has 0 saturated heterocycles. The molecule has 2 N–H and O–H groups in total. The molecule has 0 bridgehead atoms. The van der Waals surface area contributed by atoms with Crippen molar-refractivity contribution in [2.24, 2.45) is 5.73 Å². The Kier molecular flexibility index (Phi) is 8.10. The number of carbonyl (C=O) groups excluding carboxylic acids is 2. The van der Waals surface area contributed by atoms with Crippen molar-refractivity contribution in [2.75, 3.05) is 0 Å². The molecule has 0 aliphatic carbocycles. The third kappa shape index (κ3) is 6.88. The molecule has 5 nitrogen and oxygen atoms in total. The van der Waals surface area contributed by atoms with Gasteiger partial charge in [0.25, 0.3) is 0 Å². The number of nitrogens with two attached hydrogens (primary N) is 1. The van der Waals surface area contributed by atoms with Crippen LogP contribution in [0.25, 0.3) is 0 Å². The normalized spacial score (nSPS) is 10.6. The number of hydrogen-bond acceptors (Lipinski definition) is 4. The van der Waals surface area contributed by atoms with Crippen LogP contribution in [0.5, 0.6) is 0 Å². The Hall–Kier alpha value is -3.28. The highest BCUT2D eigenvalue weighted by Crippen LogP contribution is 2.16. The van der Waals surface area contributed by atoms with E-state index in [1.807, 2.05) is 37.4 Å². The molecule has 2 aromatic carbocycles. The van der Waals surface area contributed by atoms with Gasteiger partial charge in [-0.1, -0.05) is 54.9 Å². The monoisotopic (exact) mass is 412 g/mol. The van der Waals surface area contributed by atoms with Crippen LogP contribution in [0.15, 0.2) is 54.7 Å². The van der Waals surface area contributed by atoms with Crippen molar-refractivity contribution in [3.63, 3.8) is 0 Å². The van der Waals surface area contributed by atoms with Gasteiger partial charge in [0.1, 0.15) is 5.82 Å². The van der Waals surface area contributed by atoms with E-state index in [0.29, 0.717) is 6.42 Å². The molecule has 0 aliphatic rings. The standard InChI is InChI=1S/C25H27BN3O2/c1-18-16-28-25(14-20-8-6-19(7-9-20)12-13-26-17-30)29-23(18)11-10-21-4-2-3-5-22(21)15-24(27)31/h2-9,16-17H,10-15H2,1H3,(H2,27,31). The minimum atomic E-state index is -0.319. The van der Waals surface area contributed by atoms with E-state index in [0.717, 1.165) is 65.5 Å². The Balaban J connectivity index is 1.65. The topological polar surface area (TPSA) is 85.9 Å². The Bertz CT molecular complexity index is 1040. The van der Waals surface area contributed by atoms with Gasteiger partial charge in [0.2, 0.25) is 5.91 Å². The van der Waals surface area contributed by atoms with Gasteiger partial charge in [0.05, 0.1) is 12.6 Å². The summed E-state index contributed by atoms with van der Waals surface area (Å²) >= 11 is 0. The lowest BCUT2D eigenvalue weighted by Gasteiger charge is -2.10. The van der Waals surface area contributed by atoms with Crippen molar-refractivity contribution in [2.45, 2.75) is 45.3 Å². The maximum atomic E-state index is 11.3. The van der Waals surface area contributed by atoms with Crippen LogP contribution in [0.4, 0.5) is 0 Å². The first kappa shape index (κ1) is 22.4. The van der Waals surface area contributed by atoms with Crippen LogP contribution in [-0.4, -0.2) is 29.3 Å². The van der Waals surface area contributed by atoms with Crippen LogP contribution >= 0.6 is 0 Å². The van der Waals surface area contributed by atoms with Gasteiger partial charge in [-0.05, 0) is 54.0 Å². The van der Waals surface area contributed by atoms with E-state index in [1.165, 1.54) is 5.56 Å². The summed E-state index contributed by atoms with van der Waals surface area (Å²) in [5.74, 6) is 0.480. The molecule has 1 aromatic heterocycles. The molecular formula is C25H27BN3O2. The summed E-state index contributed by atoms with van der Waals surface area (Å²) in [6.07, 6.45) is 6.86. The molecule has 1 heterocycles. The number of rotatable bonds is 11. The van der Waals surface area contributed by atoms with Crippen molar-refractivity contribution in [1.29, 1.82) is 0 Å². The van der Waals surface area contributed by atoms with Crippen molar-refractivity contribution in [3.05, 3.63) is 94.1 Å². The highest BCUT2D eigenvalue weighted by molar-refractivity contribution is 6.66. The van der Waals surface area contributed by atoms with Gasteiger partial charge in [0.15, 0.2) is 7.28 Å². The number of nitrogens with zero attached hydrogens (tertiary/aromatic N) is 2. The highest BCUT2D eigenvalue weighted by atomic mass is 16.1. The summed E-state index contributed by atoms with van der Waals surface area (Å²) in [6.45, 7) is 2.03. The number of hydrogen-bond donors (Lipinski definition) is 1. The largest absolute Gasteiger partial charge is 0.369 e. The summed E-state index contributed by atoms with van der Waals surface area (Å²) in [5, 5.41) is 0. The lowest BCUT2D eigenvalue weighted by atomic mass is 9.75. The molecule has 0 spiro atoms. The second-order valence-electron chi connectivity index (χ2n) is 7.73. The lowest BCUT2D eigenvalue weighted by Crippen LogP contribution is -2.15. The Morgan fingerprint density at radius 2 is 1.71 bits per heavy atom. The summed E-state index contributed by atoms with van der Waals surface area (Å²) in [4.78, 5) is 31.1. The molecule has 0 aliphatic heterocycles. The van der Waals surface area contributed by atoms with Crippen LogP contribution in [0.2, 0.25) is 6.32 Å². The zero-order valence-corrected chi connectivity index (χ0v) is 17.9. The second kappa shape index (κ2) is 11.2. The fraction of sp³-hybridized carbons (Fsp3) is 0.280. The predicted molar refractivity (Wildman–Crippen MR) is 124 cm³/mol. The van der Waals surface area contributed by atoms with Gasteiger partial charge < -0.3 is 10.5 Å². The first-order valence-electron chi connectivity index (χ1n) is 10.6. The number of amides is 1. The van der Waals surface area contributed by atoms with E-state index in [-0.39, 0.29) is 12.3 Å². The van der Waals surface area contributed by atoms with Crippen LogP contribution in [0.3, 0.4) is 0 Å². The SMILES string of the molecule is Cc1cnc(Cc2ccc(CC[B]C=O)cc2)nc1CCc1ccccc1CC(N)=O. The first-order valence-corrected chi connectivity index (χ1v) is 10.6. The molecule has 0 fully saturated rings. The molecule has 0 atom stereocenters. The molecule has 157 valence electrons. The molecule has 1 amide bonds. The van der Waals surface area contributed by atoms with E-state index >= 15 is 0 Å². The van der Waals surface area contributed by atoms with Gasteiger partial charge in [-0.25, -0.2) is 9.97 Å². The average molecular weight is 412 g/mol. The zero-order chi connectivity index (χ0) is 22.1. The molecular weight excluding hydrogens is 385 g/mol. The van der Waals surface area contributed by atoms with E-state index in [9.17, 15) is 9.59 Å².